The maximum Gasteiger partial charge on any atom is 0.227 e. The van der Waals surface area contributed by atoms with Crippen LogP contribution in [0.2, 0.25) is 0 Å². The number of thiocarbonyl (C=S) groups is 1. The molecule has 1 amide bonds. The molecule has 1 aliphatic heterocycles. The van der Waals surface area contributed by atoms with Crippen LogP contribution in [0.15, 0.2) is 24.3 Å². The molecule has 0 radical (unpaired) electrons. The van der Waals surface area contributed by atoms with Gasteiger partial charge in [-0.25, -0.2) is 0 Å². The first kappa shape index (κ1) is 14.8. The summed E-state index contributed by atoms with van der Waals surface area (Å²) >= 11 is 5.28. The van der Waals surface area contributed by atoms with Gasteiger partial charge in [0.2, 0.25) is 5.91 Å². The number of benzene rings is 1. The Labute approximate surface area is 125 Å². The van der Waals surface area contributed by atoms with Crippen LogP contribution in [0, 0.1) is 0 Å². The van der Waals surface area contributed by atoms with Crippen LogP contribution in [-0.4, -0.2) is 23.1 Å². The Morgan fingerprint density at radius 2 is 2.10 bits per heavy atom. The molecule has 0 aliphatic carbocycles. The maximum atomic E-state index is 11.8. The second kappa shape index (κ2) is 5.79. The Balaban J connectivity index is 2.06. The molecule has 0 atom stereocenters. The predicted molar refractivity (Wildman–Crippen MR) is 87.1 cm³/mol. The second-order valence-corrected chi connectivity index (χ2v) is 6.44. The van der Waals surface area contributed by atoms with E-state index in [4.69, 9.17) is 12.2 Å². The van der Waals surface area contributed by atoms with Crippen LogP contribution >= 0.6 is 12.2 Å². The number of anilines is 2. The van der Waals surface area contributed by atoms with Crippen molar-refractivity contribution in [3.8, 4) is 0 Å². The highest BCUT2D eigenvalue weighted by atomic mass is 32.1. The Morgan fingerprint density at radius 1 is 1.35 bits per heavy atom. The summed E-state index contributed by atoms with van der Waals surface area (Å²) in [6.07, 6.45) is 1.57. The highest BCUT2D eigenvalue weighted by molar-refractivity contribution is 7.80. The Morgan fingerprint density at radius 3 is 2.70 bits per heavy atom. The van der Waals surface area contributed by atoms with Crippen molar-refractivity contribution in [2.24, 2.45) is 0 Å². The van der Waals surface area contributed by atoms with Crippen molar-refractivity contribution in [1.82, 2.24) is 5.32 Å². The molecule has 2 N–H and O–H groups in total. The van der Waals surface area contributed by atoms with E-state index in [9.17, 15) is 4.79 Å². The molecule has 1 saturated heterocycles. The zero-order valence-corrected chi connectivity index (χ0v) is 13.0. The summed E-state index contributed by atoms with van der Waals surface area (Å²) < 4.78 is 0. The van der Waals surface area contributed by atoms with E-state index in [1.165, 1.54) is 0 Å². The molecule has 1 aromatic carbocycles. The number of rotatable bonds is 2. The fourth-order valence-electron chi connectivity index (χ4n) is 2.18. The Kier molecular flexibility index (Phi) is 4.28. The molecule has 1 aromatic rings. The molecule has 0 saturated carbocycles. The summed E-state index contributed by atoms with van der Waals surface area (Å²) in [5.74, 6) is 0.192. The van der Waals surface area contributed by atoms with Gasteiger partial charge in [-0.15, -0.1) is 0 Å². The van der Waals surface area contributed by atoms with Gasteiger partial charge in [0, 0.05) is 29.9 Å². The molecule has 20 heavy (non-hydrogen) atoms. The number of carbonyl (C=O) groups is 1. The van der Waals surface area contributed by atoms with Crippen LogP contribution in [0.25, 0.3) is 0 Å². The fourth-order valence-corrected chi connectivity index (χ4v) is 2.60. The third-order valence-corrected chi connectivity index (χ3v) is 3.18. The normalized spacial score (nSPS) is 15.3. The topological polar surface area (TPSA) is 44.4 Å². The van der Waals surface area contributed by atoms with E-state index < -0.39 is 0 Å². The lowest BCUT2D eigenvalue weighted by atomic mass is 10.1. The highest BCUT2D eigenvalue weighted by Crippen LogP contribution is 2.24. The summed E-state index contributed by atoms with van der Waals surface area (Å²) in [6.45, 7) is 6.97. The molecule has 0 spiro atoms. The first-order valence-electron chi connectivity index (χ1n) is 6.85. The average molecular weight is 291 g/mol. The van der Waals surface area contributed by atoms with Crippen molar-refractivity contribution < 1.29 is 4.79 Å². The molecule has 0 unspecified atom stereocenters. The van der Waals surface area contributed by atoms with Gasteiger partial charge in [0.25, 0.3) is 0 Å². The lowest BCUT2D eigenvalue weighted by Gasteiger charge is -2.23. The van der Waals surface area contributed by atoms with Crippen LogP contribution in [0.4, 0.5) is 11.4 Å². The van der Waals surface area contributed by atoms with Gasteiger partial charge in [-0.2, -0.15) is 0 Å². The zero-order chi connectivity index (χ0) is 14.8. The van der Waals surface area contributed by atoms with Crippen LogP contribution in [0.5, 0.6) is 0 Å². The summed E-state index contributed by atoms with van der Waals surface area (Å²) in [7, 11) is 0. The standard InChI is InChI=1S/C15H21N3OS/c1-15(2,3)17-14(20)16-11-6-4-7-12(10-11)18-9-5-8-13(18)19/h4,6-7,10H,5,8-9H2,1-3H3,(H2,16,17,20). The van der Waals surface area contributed by atoms with E-state index in [1.54, 1.807) is 0 Å². The lowest BCUT2D eigenvalue weighted by molar-refractivity contribution is -0.117. The minimum Gasteiger partial charge on any atom is -0.358 e. The number of amides is 1. The molecule has 0 bridgehead atoms. The average Bonchev–Trinajstić information content (AvgIpc) is 2.73. The van der Waals surface area contributed by atoms with Crippen molar-refractivity contribution in [1.29, 1.82) is 0 Å². The van der Waals surface area contributed by atoms with Crippen LogP contribution in [0.3, 0.4) is 0 Å². The first-order chi connectivity index (χ1) is 9.35. The van der Waals surface area contributed by atoms with E-state index in [0.717, 1.165) is 24.3 Å². The van der Waals surface area contributed by atoms with Gasteiger partial charge in [-0.05, 0) is 57.6 Å². The number of carbonyl (C=O) groups excluding carboxylic acids is 1. The zero-order valence-electron chi connectivity index (χ0n) is 12.2. The van der Waals surface area contributed by atoms with Gasteiger partial charge in [0.1, 0.15) is 0 Å². The molecular formula is C15H21N3OS. The molecule has 1 heterocycles. The van der Waals surface area contributed by atoms with E-state index >= 15 is 0 Å². The minimum atomic E-state index is -0.0768. The highest BCUT2D eigenvalue weighted by Gasteiger charge is 2.21. The van der Waals surface area contributed by atoms with Crippen LogP contribution < -0.4 is 15.5 Å². The largest absolute Gasteiger partial charge is 0.358 e. The van der Waals surface area contributed by atoms with E-state index in [2.05, 4.69) is 31.4 Å². The van der Waals surface area contributed by atoms with Crippen molar-refractivity contribution >= 4 is 34.6 Å². The second-order valence-electron chi connectivity index (χ2n) is 6.03. The third kappa shape index (κ3) is 3.93. The summed E-state index contributed by atoms with van der Waals surface area (Å²) in [5.41, 5.74) is 1.74. The fraction of sp³-hybridized carbons (Fsp3) is 0.467. The van der Waals surface area contributed by atoms with Crippen molar-refractivity contribution in [2.45, 2.75) is 39.2 Å². The van der Waals surface area contributed by atoms with Gasteiger partial charge >= 0.3 is 0 Å². The van der Waals surface area contributed by atoms with Crippen molar-refractivity contribution in [3.63, 3.8) is 0 Å². The monoisotopic (exact) mass is 291 g/mol. The van der Waals surface area contributed by atoms with Crippen molar-refractivity contribution in [3.05, 3.63) is 24.3 Å². The van der Waals surface area contributed by atoms with E-state index in [0.29, 0.717) is 11.5 Å². The predicted octanol–water partition coefficient (Wildman–Crippen LogP) is 2.90. The summed E-state index contributed by atoms with van der Waals surface area (Å²) in [4.78, 5) is 13.6. The Hall–Kier alpha value is -1.62. The third-order valence-electron chi connectivity index (χ3n) is 2.98. The summed E-state index contributed by atoms with van der Waals surface area (Å²) in [6, 6.07) is 7.79. The first-order valence-corrected chi connectivity index (χ1v) is 7.25. The number of nitrogens with one attached hydrogen (secondary N) is 2. The molecule has 5 heteroatoms. The lowest BCUT2D eigenvalue weighted by Crippen LogP contribution is -2.42. The van der Waals surface area contributed by atoms with Crippen LogP contribution in [-0.2, 0) is 4.79 Å². The van der Waals surface area contributed by atoms with Crippen LogP contribution in [0.1, 0.15) is 33.6 Å². The van der Waals surface area contributed by atoms with E-state index in [1.807, 2.05) is 29.2 Å². The molecule has 1 aliphatic rings. The molecule has 1 fully saturated rings. The van der Waals surface area contributed by atoms with Gasteiger partial charge in [0.05, 0.1) is 0 Å². The number of hydrogen-bond acceptors (Lipinski definition) is 2. The molecule has 2 rings (SSSR count). The van der Waals surface area contributed by atoms with Gasteiger partial charge in [0.15, 0.2) is 5.11 Å². The SMILES string of the molecule is CC(C)(C)NC(=S)Nc1cccc(N2CCCC2=O)c1. The smallest absolute Gasteiger partial charge is 0.227 e. The van der Waals surface area contributed by atoms with Gasteiger partial charge in [-0.1, -0.05) is 6.07 Å². The Bertz CT molecular complexity index is 522. The number of hydrogen-bond donors (Lipinski definition) is 2. The maximum absolute atomic E-state index is 11.8. The molecule has 0 aromatic heterocycles. The number of nitrogens with zero attached hydrogens (tertiary/aromatic N) is 1. The quantitative estimate of drug-likeness (QED) is 0.822. The van der Waals surface area contributed by atoms with Gasteiger partial charge in [-0.3, -0.25) is 4.79 Å². The van der Waals surface area contributed by atoms with Crippen molar-refractivity contribution in [2.75, 3.05) is 16.8 Å². The van der Waals surface area contributed by atoms with E-state index in [-0.39, 0.29) is 11.4 Å². The molecule has 4 nitrogen and oxygen atoms in total. The minimum absolute atomic E-state index is 0.0768. The summed E-state index contributed by atoms with van der Waals surface area (Å²) in [5, 5.41) is 6.95. The van der Waals surface area contributed by atoms with Gasteiger partial charge < -0.3 is 15.5 Å². The molecule has 108 valence electrons. The molecular weight excluding hydrogens is 270 g/mol.